The van der Waals surface area contributed by atoms with Crippen LogP contribution in [0.4, 0.5) is 0 Å². The van der Waals surface area contributed by atoms with Crippen molar-refractivity contribution in [2.75, 3.05) is 39.8 Å². The fraction of sp³-hybridized carbons (Fsp3) is 0.500. The van der Waals surface area contributed by atoms with Gasteiger partial charge in [0.15, 0.2) is 0 Å². The highest BCUT2D eigenvalue weighted by molar-refractivity contribution is 5.94. The number of nitrogens with zero attached hydrogens (tertiary/aromatic N) is 5. The zero-order valence-corrected chi connectivity index (χ0v) is 13.3. The summed E-state index contributed by atoms with van der Waals surface area (Å²) in [5, 5.41) is 0. The summed E-state index contributed by atoms with van der Waals surface area (Å²) >= 11 is 0. The molecule has 3 rings (SSSR count). The Bertz CT molecular complexity index is 620. The van der Waals surface area contributed by atoms with Crippen molar-refractivity contribution in [3.8, 4) is 0 Å². The largest absolute Gasteiger partial charge is 0.343 e. The first kappa shape index (κ1) is 15.6. The van der Waals surface area contributed by atoms with Crippen LogP contribution in [0.15, 0.2) is 31.2 Å². The van der Waals surface area contributed by atoms with Crippen molar-refractivity contribution in [3.63, 3.8) is 0 Å². The number of amides is 2. The van der Waals surface area contributed by atoms with Gasteiger partial charge in [-0.15, -0.1) is 6.58 Å². The van der Waals surface area contributed by atoms with Gasteiger partial charge in [-0.3, -0.25) is 19.5 Å². The van der Waals surface area contributed by atoms with Crippen LogP contribution in [0.5, 0.6) is 0 Å². The summed E-state index contributed by atoms with van der Waals surface area (Å²) in [7, 11) is 1.82. The van der Waals surface area contributed by atoms with Crippen LogP contribution < -0.4 is 0 Å². The number of rotatable bonds is 3. The number of hydrogen-bond donors (Lipinski definition) is 0. The smallest absolute Gasteiger partial charge is 0.274 e. The Morgan fingerprint density at radius 1 is 1.39 bits per heavy atom. The third kappa shape index (κ3) is 2.61. The van der Waals surface area contributed by atoms with Crippen molar-refractivity contribution in [2.45, 2.75) is 12.0 Å². The zero-order chi connectivity index (χ0) is 16.4. The van der Waals surface area contributed by atoms with E-state index < -0.39 is 5.54 Å². The molecule has 1 atom stereocenters. The molecule has 1 spiro atoms. The number of aromatic nitrogens is 2. The average molecular weight is 315 g/mol. The topological polar surface area (TPSA) is 69.6 Å². The number of hydrogen-bond acceptors (Lipinski definition) is 5. The molecule has 7 heteroatoms. The van der Waals surface area contributed by atoms with Crippen LogP contribution in [0.2, 0.25) is 0 Å². The SMILES string of the molecule is C=CCN1CCN(C)C(=O)[C@@]12CCN(C(=O)c1cnccn1)C2. The molecule has 122 valence electrons. The molecular formula is C16H21N5O2. The molecule has 2 aliphatic heterocycles. The molecule has 2 fully saturated rings. The van der Waals surface area contributed by atoms with E-state index >= 15 is 0 Å². The van der Waals surface area contributed by atoms with Gasteiger partial charge in [-0.1, -0.05) is 6.08 Å². The Labute approximate surface area is 135 Å². The molecule has 23 heavy (non-hydrogen) atoms. The molecule has 2 aliphatic rings. The first-order valence-corrected chi connectivity index (χ1v) is 7.75. The van der Waals surface area contributed by atoms with Crippen molar-refractivity contribution in [3.05, 3.63) is 36.9 Å². The summed E-state index contributed by atoms with van der Waals surface area (Å²) < 4.78 is 0. The summed E-state index contributed by atoms with van der Waals surface area (Å²) in [4.78, 5) is 39.0. The highest BCUT2D eigenvalue weighted by atomic mass is 16.2. The van der Waals surface area contributed by atoms with Crippen molar-refractivity contribution >= 4 is 11.8 Å². The minimum absolute atomic E-state index is 0.0834. The van der Waals surface area contributed by atoms with Crippen molar-refractivity contribution in [2.24, 2.45) is 0 Å². The van der Waals surface area contributed by atoms with Crippen LogP contribution in [0.25, 0.3) is 0 Å². The Balaban J connectivity index is 1.84. The molecule has 3 heterocycles. The van der Waals surface area contributed by atoms with E-state index in [0.29, 0.717) is 38.3 Å². The molecule has 0 N–H and O–H groups in total. The summed E-state index contributed by atoms with van der Waals surface area (Å²) in [6.07, 6.45) is 6.95. The molecule has 2 saturated heterocycles. The zero-order valence-electron chi connectivity index (χ0n) is 13.3. The normalized spacial score (nSPS) is 25.2. The highest BCUT2D eigenvalue weighted by Gasteiger charge is 2.53. The van der Waals surface area contributed by atoms with Crippen LogP contribution in [0.3, 0.4) is 0 Å². The molecular weight excluding hydrogens is 294 g/mol. The monoisotopic (exact) mass is 315 g/mol. The van der Waals surface area contributed by atoms with Crippen LogP contribution in [-0.2, 0) is 4.79 Å². The number of carbonyl (C=O) groups is 2. The summed E-state index contributed by atoms with van der Waals surface area (Å²) in [6, 6.07) is 0. The van der Waals surface area contributed by atoms with Crippen LogP contribution in [-0.4, -0.2) is 81.8 Å². The number of likely N-dealkylation sites (N-methyl/N-ethyl adjacent to an activating group) is 1. The molecule has 0 saturated carbocycles. The average Bonchev–Trinajstić information content (AvgIpc) is 3.02. The first-order valence-electron chi connectivity index (χ1n) is 7.75. The van der Waals surface area contributed by atoms with Crippen molar-refractivity contribution in [1.82, 2.24) is 24.7 Å². The van der Waals surface area contributed by atoms with Gasteiger partial charge in [-0.2, -0.15) is 0 Å². The minimum atomic E-state index is -0.640. The van der Waals surface area contributed by atoms with Gasteiger partial charge in [0.1, 0.15) is 11.2 Å². The standard InChI is InChI=1S/C16H21N5O2/c1-3-7-21-10-9-19(2)15(23)16(21)4-8-20(12-16)14(22)13-11-17-5-6-18-13/h3,5-6,11H,1,4,7-10,12H2,2H3/t16-/m0/s1. The second kappa shape index (κ2) is 6.08. The van der Waals surface area contributed by atoms with Gasteiger partial charge in [0.25, 0.3) is 5.91 Å². The number of carbonyl (C=O) groups excluding carboxylic acids is 2. The third-order valence-corrected chi connectivity index (χ3v) is 4.72. The molecule has 1 aromatic heterocycles. The van der Waals surface area contributed by atoms with E-state index in [2.05, 4.69) is 21.4 Å². The maximum atomic E-state index is 12.8. The second-order valence-electron chi connectivity index (χ2n) is 6.06. The van der Waals surface area contributed by atoms with Crippen LogP contribution in [0.1, 0.15) is 16.9 Å². The lowest BCUT2D eigenvalue weighted by Crippen LogP contribution is -2.66. The van der Waals surface area contributed by atoms with Crippen LogP contribution >= 0.6 is 0 Å². The van der Waals surface area contributed by atoms with E-state index in [1.807, 2.05) is 13.1 Å². The Kier molecular flexibility index (Phi) is 4.12. The third-order valence-electron chi connectivity index (χ3n) is 4.72. The van der Waals surface area contributed by atoms with Gasteiger partial charge in [0, 0.05) is 52.2 Å². The molecule has 0 bridgehead atoms. The molecule has 0 radical (unpaired) electrons. The van der Waals surface area contributed by atoms with Crippen molar-refractivity contribution < 1.29 is 9.59 Å². The van der Waals surface area contributed by atoms with E-state index in [1.54, 1.807) is 9.80 Å². The van der Waals surface area contributed by atoms with Gasteiger partial charge < -0.3 is 9.80 Å². The number of likely N-dealkylation sites (tertiary alicyclic amines) is 1. The maximum Gasteiger partial charge on any atom is 0.274 e. The van der Waals surface area contributed by atoms with Gasteiger partial charge in [-0.25, -0.2) is 4.98 Å². The lowest BCUT2D eigenvalue weighted by Gasteiger charge is -2.46. The van der Waals surface area contributed by atoms with E-state index in [-0.39, 0.29) is 11.8 Å². The molecule has 0 unspecified atom stereocenters. The summed E-state index contributed by atoms with van der Waals surface area (Å²) in [5.74, 6) is -0.0883. The van der Waals surface area contributed by atoms with E-state index in [0.717, 1.165) is 6.54 Å². The van der Waals surface area contributed by atoms with Crippen LogP contribution in [0, 0.1) is 0 Å². The maximum absolute atomic E-state index is 12.8. The second-order valence-corrected chi connectivity index (χ2v) is 6.06. The van der Waals surface area contributed by atoms with Gasteiger partial charge >= 0.3 is 0 Å². The Hall–Kier alpha value is -2.28. The summed E-state index contributed by atoms with van der Waals surface area (Å²) in [5.41, 5.74) is -0.324. The van der Waals surface area contributed by atoms with Crippen molar-refractivity contribution in [1.29, 1.82) is 0 Å². The Morgan fingerprint density at radius 3 is 2.91 bits per heavy atom. The first-order chi connectivity index (χ1) is 11.1. The van der Waals surface area contributed by atoms with E-state index in [9.17, 15) is 9.59 Å². The predicted molar refractivity (Wildman–Crippen MR) is 84.7 cm³/mol. The summed E-state index contributed by atoms with van der Waals surface area (Å²) in [6.45, 7) is 6.86. The predicted octanol–water partition coefficient (Wildman–Crippen LogP) is 0.0213. The molecule has 0 aliphatic carbocycles. The Morgan fingerprint density at radius 2 is 2.22 bits per heavy atom. The minimum Gasteiger partial charge on any atom is -0.343 e. The fourth-order valence-corrected chi connectivity index (χ4v) is 3.47. The molecule has 7 nitrogen and oxygen atoms in total. The van der Waals surface area contributed by atoms with Gasteiger partial charge in [0.05, 0.1) is 6.20 Å². The van der Waals surface area contributed by atoms with E-state index in [1.165, 1.54) is 18.6 Å². The lowest BCUT2D eigenvalue weighted by molar-refractivity contribution is -0.148. The fourth-order valence-electron chi connectivity index (χ4n) is 3.47. The van der Waals surface area contributed by atoms with E-state index in [4.69, 9.17) is 0 Å². The highest BCUT2D eigenvalue weighted by Crippen LogP contribution is 2.33. The lowest BCUT2D eigenvalue weighted by atomic mass is 9.91. The molecule has 1 aromatic rings. The number of piperazine rings is 1. The molecule has 0 aromatic carbocycles. The molecule has 2 amide bonds. The van der Waals surface area contributed by atoms with Gasteiger partial charge in [0.2, 0.25) is 5.91 Å². The van der Waals surface area contributed by atoms with Gasteiger partial charge in [-0.05, 0) is 6.42 Å². The quantitative estimate of drug-likeness (QED) is 0.736.